The number of halogens is 1. The molecule has 0 aliphatic rings. The molecule has 0 saturated heterocycles. The Labute approximate surface area is 236 Å². The van der Waals surface area contributed by atoms with Crippen LogP contribution in [0.15, 0.2) is 71.8 Å². The van der Waals surface area contributed by atoms with Crippen LogP contribution in [0.1, 0.15) is 50.6 Å². The maximum absolute atomic E-state index is 13.0. The van der Waals surface area contributed by atoms with Crippen molar-refractivity contribution >= 4 is 33.7 Å². The Bertz CT molecular complexity index is 1490. The van der Waals surface area contributed by atoms with Crippen LogP contribution in [0.5, 0.6) is 0 Å². The number of sulfonamides is 1. The van der Waals surface area contributed by atoms with Crippen LogP contribution in [0.25, 0.3) is 0 Å². The standard InChI is InChI=1S/C28H29FN4O7S/c1-18(2)28(37)40-16-15-31-27(36)24-12-7-21(17-32-24)26(35)33-41(38,39)23-10-3-19(4-11-23)13-14-30-25(34)20-5-8-22(29)9-6-20/h3-12,17-18H,13-16H2,1-2H3,(H,30,34)(H,31,36)(H,33,35). The van der Waals surface area contributed by atoms with E-state index in [0.29, 0.717) is 12.0 Å². The van der Waals surface area contributed by atoms with Crippen LogP contribution >= 0.6 is 0 Å². The Morgan fingerprint density at radius 2 is 1.46 bits per heavy atom. The fourth-order valence-corrected chi connectivity index (χ4v) is 4.31. The SMILES string of the molecule is CC(C)C(=O)OCCNC(=O)c1ccc(C(=O)NS(=O)(=O)c2ccc(CCNC(=O)c3ccc(F)cc3)cc2)cn1. The van der Waals surface area contributed by atoms with Gasteiger partial charge in [-0.05, 0) is 60.5 Å². The second kappa shape index (κ2) is 14.1. The van der Waals surface area contributed by atoms with Crippen molar-refractivity contribution in [1.82, 2.24) is 20.3 Å². The second-order valence-electron chi connectivity index (χ2n) is 9.10. The van der Waals surface area contributed by atoms with Gasteiger partial charge in [-0.15, -0.1) is 0 Å². The average Bonchev–Trinajstić information content (AvgIpc) is 2.95. The number of benzene rings is 2. The molecule has 13 heteroatoms. The number of esters is 1. The number of aromatic nitrogens is 1. The zero-order chi connectivity index (χ0) is 30.0. The summed E-state index contributed by atoms with van der Waals surface area (Å²) in [4.78, 5) is 52.0. The number of pyridine rings is 1. The summed E-state index contributed by atoms with van der Waals surface area (Å²) in [7, 11) is -4.20. The molecule has 0 fully saturated rings. The zero-order valence-corrected chi connectivity index (χ0v) is 23.2. The minimum Gasteiger partial charge on any atom is -0.464 e. The van der Waals surface area contributed by atoms with Crippen LogP contribution in [-0.2, 0) is 26.0 Å². The Morgan fingerprint density at radius 3 is 2.07 bits per heavy atom. The molecule has 216 valence electrons. The summed E-state index contributed by atoms with van der Waals surface area (Å²) in [6, 6.07) is 13.4. The van der Waals surface area contributed by atoms with Crippen molar-refractivity contribution in [2.45, 2.75) is 25.2 Å². The Morgan fingerprint density at radius 1 is 0.829 bits per heavy atom. The summed E-state index contributed by atoms with van der Waals surface area (Å²) in [5.74, 6) is -2.96. The fourth-order valence-electron chi connectivity index (χ4n) is 3.33. The highest BCUT2D eigenvalue weighted by Crippen LogP contribution is 2.12. The van der Waals surface area contributed by atoms with Crippen molar-refractivity contribution < 1.29 is 36.7 Å². The monoisotopic (exact) mass is 584 g/mol. The van der Waals surface area contributed by atoms with Gasteiger partial charge in [-0.1, -0.05) is 26.0 Å². The summed E-state index contributed by atoms with van der Waals surface area (Å²) in [5, 5.41) is 5.23. The molecule has 3 aromatic rings. The maximum atomic E-state index is 13.0. The molecule has 0 unspecified atom stereocenters. The second-order valence-corrected chi connectivity index (χ2v) is 10.8. The molecule has 0 saturated carbocycles. The van der Waals surface area contributed by atoms with Crippen molar-refractivity contribution in [3.05, 3.63) is 95.1 Å². The number of hydrogen-bond donors (Lipinski definition) is 3. The summed E-state index contributed by atoms with van der Waals surface area (Å²) >= 11 is 0. The van der Waals surface area contributed by atoms with Crippen molar-refractivity contribution in [3.8, 4) is 0 Å². The van der Waals surface area contributed by atoms with Gasteiger partial charge in [0.05, 0.1) is 22.9 Å². The van der Waals surface area contributed by atoms with Gasteiger partial charge in [0.25, 0.3) is 27.7 Å². The van der Waals surface area contributed by atoms with E-state index >= 15 is 0 Å². The smallest absolute Gasteiger partial charge is 0.308 e. The van der Waals surface area contributed by atoms with E-state index in [9.17, 15) is 32.0 Å². The van der Waals surface area contributed by atoms with Crippen molar-refractivity contribution in [3.63, 3.8) is 0 Å². The third-order valence-corrected chi connectivity index (χ3v) is 6.97. The van der Waals surface area contributed by atoms with E-state index in [4.69, 9.17) is 4.74 Å². The molecule has 1 aromatic heterocycles. The third kappa shape index (κ3) is 9.21. The van der Waals surface area contributed by atoms with Crippen LogP contribution in [0.3, 0.4) is 0 Å². The first-order valence-electron chi connectivity index (χ1n) is 12.6. The van der Waals surface area contributed by atoms with Gasteiger partial charge in [-0.2, -0.15) is 0 Å². The Hall–Kier alpha value is -4.65. The van der Waals surface area contributed by atoms with Gasteiger partial charge in [-0.3, -0.25) is 24.2 Å². The van der Waals surface area contributed by atoms with Gasteiger partial charge in [-0.25, -0.2) is 17.5 Å². The van der Waals surface area contributed by atoms with Gasteiger partial charge in [0.1, 0.15) is 18.1 Å². The van der Waals surface area contributed by atoms with E-state index in [2.05, 4.69) is 15.6 Å². The van der Waals surface area contributed by atoms with Crippen molar-refractivity contribution in [2.24, 2.45) is 5.92 Å². The highest BCUT2D eigenvalue weighted by molar-refractivity contribution is 7.90. The molecular weight excluding hydrogens is 555 g/mol. The van der Waals surface area contributed by atoms with Gasteiger partial charge in [0, 0.05) is 18.3 Å². The predicted octanol–water partition coefficient (Wildman–Crippen LogP) is 2.24. The van der Waals surface area contributed by atoms with Gasteiger partial charge in [0.2, 0.25) is 0 Å². The lowest BCUT2D eigenvalue weighted by Gasteiger charge is -2.09. The van der Waals surface area contributed by atoms with E-state index in [1.807, 2.05) is 4.72 Å². The number of nitrogens with one attached hydrogen (secondary N) is 3. The van der Waals surface area contributed by atoms with E-state index in [-0.39, 0.29) is 53.6 Å². The molecule has 0 radical (unpaired) electrons. The van der Waals surface area contributed by atoms with Gasteiger partial charge in [0.15, 0.2) is 0 Å². The highest BCUT2D eigenvalue weighted by Gasteiger charge is 2.20. The largest absolute Gasteiger partial charge is 0.464 e. The normalized spacial score (nSPS) is 11.0. The molecule has 3 rings (SSSR count). The lowest BCUT2D eigenvalue weighted by molar-refractivity contribution is -0.147. The number of carbonyl (C=O) groups is 4. The molecule has 0 aliphatic heterocycles. The number of hydrogen-bond acceptors (Lipinski definition) is 8. The fraction of sp³-hybridized carbons (Fsp3) is 0.250. The molecule has 0 spiro atoms. The van der Waals surface area contributed by atoms with Crippen LogP contribution in [0, 0.1) is 11.7 Å². The average molecular weight is 585 g/mol. The molecule has 2 aromatic carbocycles. The van der Waals surface area contributed by atoms with Crippen LogP contribution < -0.4 is 15.4 Å². The Balaban J connectivity index is 1.48. The quantitative estimate of drug-likeness (QED) is 0.216. The Kier molecular flexibility index (Phi) is 10.6. The first-order valence-corrected chi connectivity index (χ1v) is 14.1. The highest BCUT2D eigenvalue weighted by atomic mass is 32.2. The van der Waals surface area contributed by atoms with Crippen molar-refractivity contribution in [1.29, 1.82) is 0 Å². The van der Waals surface area contributed by atoms with Crippen LogP contribution in [0.4, 0.5) is 4.39 Å². The molecule has 1 heterocycles. The number of carbonyl (C=O) groups excluding carboxylic acids is 4. The lowest BCUT2D eigenvalue weighted by Crippen LogP contribution is -2.31. The summed E-state index contributed by atoms with van der Waals surface area (Å²) in [6.45, 7) is 3.72. The zero-order valence-electron chi connectivity index (χ0n) is 22.3. The number of amides is 3. The van der Waals surface area contributed by atoms with Crippen molar-refractivity contribution in [2.75, 3.05) is 19.7 Å². The van der Waals surface area contributed by atoms with E-state index in [1.165, 1.54) is 48.5 Å². The third-order valence-electron chi connectivity index (χ3n) is 5.63. The minimum atomic E-state index is -4.20. The molecule has 0 aliphatic carbocycles. The van der Waals surface area contributed by atoms with Gasteiger partial charge >= 0.3 is 5.97 Å². The molecule has 0 atom stereocenters. The molecule has 11 nitrogen and oxygen atoms in total. The minimum absolute atomic E-state index is 0.00381. The van der Waals surface area contributed by atoms with Crippen LogP contribution in [0.2, 0.25) is 0 Å². The first-order chi connectivity index (χ1) is 19.5. The topological polar surface area (TPSA) is 161 Å². The molecule has 41 heavy (non-hydrogen) atoms. The van der Waals surface area contributed by atoms with E-state index in [0.717, 1.165) is 11.8 Å². The van der Waals surface area contributed by atoms with Gasteiger partial charge < -0.3 is 15.4 Å². The summed E-state index contributed by atoms with van der Waals surface area (Å²) in [6.07, 6.45) is 1.48. The van der Waals surface area contributed by atoms with E-state index in [1.54, 1.807) is 26.0 Å². The summed E-state index contributed by atoms with van der Waals surface area (Å²) < 4.78 is 45.3. The number of ether oxygens (including phenoxy) is 1. The predicted molar refractivity (Wildman–Crippen MR) is 146 cm³/mol. The number of rotatable bonds is 12. The first kappa shape index (κ1) is 30.9. The van der Waals surface area contributed by atoms with Crippen LogP contribution in [-0.4, -0.2) is 56.8 Å². The van der Waals surface area contributed by atoms with E-state index < -0.39 is 27.7 Å². The molecule has 3 amide bonds. The molecular formula is C28H29FN4O7S. The molecule has 3 N–H and O–H groups in total. The summed E-state index contributed by atoms with van der Waals surface area (Å²) in [5.41, 5.74) is 0.970. The number of nitrogens with zero attached hydrogens (tertiary/aromatic N) is 1. The molecule has 0 bridgehead atoms. The lowest BCUT2D eigenvalue weighted by atomic mass is 10.1. The maximum Gasteiger partial charge on any atom is 0.308 e.